The van der Waals surface area contributed by atoms with Gasteiger partial charge in [-0.3, -0.25) is 9.69 Å². The first-order valence-corrected chi connectivity index (χ1v) is 14.0. The maximum absolute atomic E-state index is 13.8. The van der Waals surface area contributed by atoms with Gasteiger partial charge in [0.05, 0.1) is 11.3 Å². The van der Waals surface area contributed by atoms with Crippen LogP contribution in [-0.2, 0) is 4.74 Å². The Morgan fingerprint density at radius 1 is 1.13 bits per heavy atom. The van der Waals surface area contributed by atoms with Crippen LogP contribution in [0.1, 0.15) is 91.9 Å². The Hall–Kier alpha value is -3.27. The molecule has 8 nitrogen and oxygen atoms in total. The summed E-state index contributed by atoms with van der Waals surface area (Å²) in [7, 11) is 0. The van der Waals surface area contributed by atoms with Gasteiger partial charge in [0, 0.05) is 36.3 Å². The molecule has 202 valence electrons. The molecule has 2 aliphatic rings. The molecule has 1 aliphatic carbocycles. The molecule has 10 heteroatoms. The highest BCUT2D eigenvalue weighted by molar-refractivity contribution is 7.10. The maximum atomic E-state index is 13.8. The standard InChI is InChI=1S/C28H34FN5O3S/c1-28(2,3)37-27(36)34-15-22(26-32-23(16-38-26)25(35)31-20-6-4-5-7-20)21(18-8-10-19(29)11-9-18)14-24(34)33-13-12-30-17-33/h8-13,16-17,20-22,24H,4-7,14-15H2,1-3H3,(H,31,35). The molecule has 0 bridgehead atoms. The third-order valence-corrected chi connectivity index (χ3v) is 8.24. The van der Waals surface area contributed by atoms with Crippen LogP contribution in [0.2, 0.25) is 0 Å². The first-order chi connectivity index (χ1) is 18.2. The molecular weight excluding hydrogens is 505 g/mol. The summed E-state index contributed by atoms with van der Waals surface area (Å²) in [6.07, 6.45) is 9.26. The van der Waals surface area contributed by atoms with Gasteiger partial charge < -0.3 is 14.6 Å². The molecule has 3 atom stereocenters. The summed E-state index contributed by atoms with van der Waals surface area (Å²) < 4.78 is 21.5. The van der Waals surface area contributed by atoms with Gasteiger partial charge in [-0.25, -0.2) is 19.2 Å². The normalized spacial score (nSPS) is 22.4. The lowest BCUT2D eigenvalue weighted by Crippen LogP contribution is -2.48. The van der Waals surface area contributed by atoms with E-state index in [9.17, 15) is 14.0 Å². The summed E-state index contributed by atoms with van der Waals surface area (Å²) in [6, 6.07) is 6.71. The quantitative estimate of drug-likeness (QED) is 0.439. The number of thiazole rings is 1. The summed E-state index contributed by atoms with van der Waals surface area (Å²) in [5, 5.41) is 5.67. The van der Waals surface area contributed by atoms with Gasteiger partial charge in [-0.2, -0.15) is 0 Å². The van der Waals surface area contributed by atoms with Crippen molar-refractivity contribution in [3.63, 3.8) is 0 Å². The van der Waals surface area contributed by atoms with Crippen molar-refractivity contribution in [3.8, 4) is 0 Å². The third-order valence-electron chi connectivity index (χ3n) is 7.26. The lowest BCUT2D eigenvalue weighted by Gasteiger charge is -2.44. The Labute approximate surface area is 226 Å². The van der Waals surface area contributed by atoms with Gasteiger partial charge in [0.2, 0.25) is 0 Å². The van der Waals surface area contributed by atoms with Crippen molar-refractivity contribution < 1.29 is 18.7 Å². The van der Waals surface area contributed by atoms with E-state index in [0.29, 0.717) is 18.7 Å². The Morgan fingerprint density at radius 2 is 1.87 bits per heavy atom. The predicted molar refractivity (Wildman–Crippen MR) is 143 cm³/mol. The minimum Gasteiger partial charge on any atom is -0.444 e. The van der Waals surface area contributed by atoms with Crippen LogP contribution in [0.3, 0.4) is 0 Å². The number of halogens is 1. The van der Waals surface area contributed by atoms with Crippen LogP contribution >= 0.6 is 11.3 Å². The molecule has 1 saturated heterocycles. The first-order valence-electron chi connectivity index (χ1n) is 13.2. The molecule has 2 aromatic heterocycles. The van der Waals surface area contributed by atoms with E-state index >= 15 is 0 Å². The Bertz CT molecular complexity index is 1250. The van der Waals surface area contributed by atoms with Crippen molar-refractivity contribution >= 4 is 23.3 Å². The number of ether oxygens (including phenoxy) is 1. The molecule has 2 fully saturated rings. The van der Waals surface area contributed by atoms with E-state index in [1.165, 1.54) is 23.5 Å². The molecule has 1 N–H and O–H groups in total. The number of aromatic nitrogens is 3. The van der Waals surface area contributed by atoms with E-state index in [-0.39, 0.29) is 35.8 Å². The van der Waals surface area contributed by atoms with E-state index in [0.717, 1.165) is 36.3 Å². The maximum Gasteiger partial charge on any atom is 0.411 e. The van der Waals surface area contributed by atoms with Crippen molar-refractivity contribution in [2.24, 2.45) is 0 Å². The summed E-state index contributed by atoms with van der Waals surface area (Å²) in [4.78, 5) is 37.0. The summed E-state index contributed by atoms with van der Waals surface area (Å²) in [5.74, 6) is -0.735. The van der Waals surface area contributed by atoms with Crippen LogP contribution in [0.5, 0.6) is 0 Å². The predicted octanol–water partition coefficient (Wildman–Crippen LogP) is 5.86. The Balaban J connectivity index is 1.48. The molecule has 3 heterocycles. The number of imidazole rings is 1. The van der Waals surface area contributed by atoms with E-state index in [1.807, 2.05) is 31.5 Å². The van der Waals surface area contributed by atoms with Gasteiger partial charge in [-0.15, -0.1) is 11.3 Å². The number of carbonyl (C=O) groups excluding carboxylic acids is 2. The monoisotopic (exact) mass is 539 g/mol. The molecule has 3 aromatic rings. The molecule has 3 unspecified atom stereocenters. The van der Waals surface area contributed by atoms with Crippen LogP contribution < -0.4 is 5.32 Å². The number of amides is 2. The van der Waals surface area contributed by atoms with Crippen LogP contribution in [0.25, 0.3) is 0 Å². The highest BCUT2D eigenvalue weighted by atomic mass is 32.1. The molecule has 5 rings (SSSR count). The van der Waals surface area contributed by atoms with E-state index in [4.69, 9.17) is 9.72 Å². The van der Waals surface area contributed by atoms with Crippen molar-refractivity contribution in [1.82, 2.24) is 24.8 Å². The highest BCUT2D eigenvalue weighted by Crippen LogP contribution is 2.46. The first kappa shape index (κ1) is 26.3. The van der Waals surface area contributed by atoms with Crippen molar-refractivity contribution in [3.05, 3.63) is 70.4 Å². The van der Waals surface area contributed by atoms with Crippen LogP contribution in [0.15, 0.2) is 48.4 Å². The number of carbonyl (C=O) groups is 2. The minimum atomic E-state index is -0.660. The van der Waals surface area contributed by atoms with Crippen molar-refractivity contribution in [2.75, 3.05) is 6.54 Å². The number of piperidine rings is 1. The molecular formula is C28H34FN5O3S. The molecule has 1 aliphatic heterocycles. The SMILES string of the molecule is CC(C)(C)OC(=O)N1CC(c2nc(C(=O)NC3CCCC3)cs2)C(c2ccc(F)cc2)CC1n1ccnc1. The van der Waals surface area contributed by atoms with Crippen molar-refractivity contribution in [2.45, 2.75) is 82.5 Å². The zero-order chi connectivity index (χ0) is 26.9. The number of rotatable bonds is 5. The fourth-order valence-electron chi connectivity index (χ4n) is 5.44. The van der Waals surface area contributed by atoms with Crippen LogP contribution in [0, 0.1) is 5.82 Å². The van der Waals surface area contributed by atoms with Gasteiger partial charge in [0.25, 0.3) is 5.91 Å². The minimum absolute atomic E-state index is 0.0708. The van der Waals surface area contributed by atoms with Crippen LogP contribution in [0.4, 0.5) is 9.18 Å². The number of benzene rings is 1. The van der Waals surface area contributed by atoms with Crippen molar-refractivity contribution in [1.29, 1.82) is 0 Å². The number of nitrogens with zero attached hydrogens (tertiary/aromatic N) is 4. The molecule has 1 saturated carbocycles. The number of hydrogen-bond acceptors (Lipinski definition) is 6. The van der Waals surface area contributed by atoms with Gasteiger partial charge in [-0.05, 0) is 63.6 Å². The van der Waals surface area contributed by atoms with Gasteiger partial charge in [0.1, 0.15) is 23.3 Å². The van der Waals surface area contributed by atoms with E-state index in [1.54, 1.807) is 34.9 Å². The van der Waals surface area contributed by atoms with E-state index < -0.39 is 11.7 Å². The fraction of sp³-hybridized carbons (Fsp3) is 0.500. The van der Waals surface area contributed by atoms with E-state index in [2.05, 4.69) is 10.3 Å². The second-order valence-corrected chi connectivity index (χ2v) is 12.0. The molecule has 0 spiro atoms. The average Bonchev–Trinajstić information content (AvgIpc) is 3.66. The summed E-state index contributed by atoms with van der Waals surface area (Å²) >= 11 is 1.43. The second kappa shape index (κ2) is 10.8. The lowest BCUT2D eigenvalue weighted by molar-refractivity contribution is -0.00751. The van der Waals surface area contributed by atoms with Gasteiger partial charge >= 0.3 is 6.09 Å². The Morgan fingerprint density at radius 3 is 2.53 bits per heavy atom. The Kier molecular flexibility index (Phi) is 7.52. The third kappa shape index (κ3) is 5.90. The number of likely N-dealkylation sites (tertiary alicyclic amines) is 1. The largest absolute Gasteiger partial charge is 0.444 e. The fourth-order valence-corrected chi connectivity index (χ4v) is 6.40. The second-order valence-electron chi connectivity index (χ2n) is 11.1. The highest BCUT2D eigenvalue weighted by Gasteiger charge is 2.43. The molecule has 0 radical (unpaired) electrons. The smallest absolute Gasteiger partial charge is 0.411 e. The summed E-state index contributed by atoms with van der Waals surface area (Å²) in [5.41, 5.74) is 0.694. The molecule has 1 aromatic carbocycles. The summed E-state index contributed by atoms with van der Waals surface area (Å²) in [6.45, 7) is 5.86. The zero-order valence-electron chi connectivity index (χ0n) is 22.0. The lowest BCUT2D eigenvalue weighted by atomic mass is 9.79. The number of hydrogen-bond donors (Lipinski definition) is 1. The van der Waals surface area contributed by atoms with Crippen LogP contribution in [-0.4, -0.2) is 49.6 Å². The molecule has 38 heavy (non-hydrogen) atoms. The number of nitrogens with one attached hydrogen (secondary N) is 1. The topological polar surface area (TPSA) is 89.4 Å². The molecule has 2 amide bonds. The van der Waals surface area contributed by atoms with Gasteiger partial charge in [0.15, 0.2) is 0 Å². The zero-order valence-corrected chi connectivity index (χ0v) is 22.8. The van der Waals surface area contributed by atoms with Gasteiger partial charge in [-0.1, -0.05) is 25.0 Å². The average molecular weight is 540 g/mol.